The molecule has 1 heterocycles. The third kappa shape index (κ3) is 2.56. The lowest BCUT2D eigenvalue weighted by atomic mass is 9.92. The zero-order chi connectivity index (χ0) is 14.9. The van der Waals surface area contributed by atoms with E-state index < -0.39 is 11.5 Å². The average molecular weight is 361 g/mol. The highest BCUT2D eigenvalue weighted by atomic mass is 79.9. The molecule has 0 radical (unpaired) electrons. The summed E-state index contributed by atoms with van der Waals surface area (Å²) < 4.78 is 0.699. The highest BCUT2D eigenvalue weighted by molar-refractivity contribution is 9.10. The van der Waals surface area contributed by atoms with E-state index in [9.17, 15) is 14.7 Å². The van der Waals surface area contributed by atoms with Crippen LogP contribution in [0.3, 0.4) is 0 Å². The van der Waals surface area contributed by atoms with Crippen molar-refractivity contribution >= 4 is 39.4 Å². The second-order valence-electron chi connectivity index (χ2n) is 4.91. The highest BCUT2D eigenvalue weighted by Gasteiger charge is 2.48. The van der Waals surface area contributed by atoms with Crippen molar-refractivity contribution in [3.05, 3.63) is 33.3 Å². The molecule has 0 aromatic heterocycles. The number of hydrogen-bond acceptors (Lipinski definition) is 2. The summed E-state index contributed by atoms with van der Waals surface area (Å²) in [6, 6.07) is 4.91. The van der Waals surface area contributed by atoms with Gasteiger partial charge in [0.2, 0.25) is 0 Å². The number of carbonyl (C=O) groups excluding carboxylic acids is 1. The minimum absolute atomic E-state index is 0.282. The highest BCUT2D eigenvalue weighted by Crippen LogP contribution is 2.34. The van der Waals surface area contributed by atoms with E-state index in [4.69, 9.17) is 11.6 Å². The van der Waals surface area contributed by atoms with E-state index in [1.165, 1.54) is 4.90 Å². The second kappa shape index (κ2) is 5.74. The van der Waals surface area contributed by atoms with Gasteiger partial charge in [0.1, 0.15) is 5.54 Å². The number of aliphatic carboxylic acids is 1. The Morgan fingerprint density at radius 2 is 2.15 bits per heavy atom. The quantitative estimate of drug-likeness (QED) is 0.896. The molecule has 1 aromatic rings. The van der Waals surface area contributed by atoms with E-state index in [2.05, 4.69) is 15.9 Å². The van der Waals surface area contributed by atoms with Gasteiger partial charge in [-0.15, -0.1) is 0 Å². The maximum Gasteiger partial charge on any atom is 0.329 e. The molecule has 2 rings (SSSR count). The Morgan fingerprint density at radius 3 is 2.70 bits per heavy atom. The molecule has 1 unspecified atom stereocenters. The van der Waals surface area contributed by atoms with Crippen LogP contribution in [0, 0.1) is 0 Å². The van der Waals surface area contributed by atoms with Crippen LogP contribution in [-0.4, -0.2) is 34.0 Å². The molecule has 1 aliphatic heterocycles. The minimum atomic E-state index is -1.09. The van der Waals surface area contributed by atoms with E-state index in [0.717, 1.165) is 0 Å². The smallest absolute Gasteiger partial charge is 0.329 e. The molecule has 108 valence electrons. The molecule has 1 fully saturated rings. The first-order chi connectivity index (χ1) is 9.40. The van der Waals surface area contributed by atoms with Crippen LogP contribution < -0.4 is 0 Å². The lowest BCUT2D eigenvalue weighted by Gasteiger charge is -2.34. The summed E-state index contributed by atoms with van der Waals surface area (Å²) in [5.74, 6) is -1.22. The fraction of sp³-hybridized carbons (Fsp3) is 0.429. The molecule has 4 nitrogen and oxygen atoms in total. The van der Waals surface area contributed by atoms with Crippen molar-refractivity contribution in [2.24, 2.45) is 0 Å². The number of amides is 1. The number of carboxylic acids is 1. The van der Waals surface area contributed by atoms with Crippen LogP contribution in [0.1, 0.15) is 36.5 Å². The summed E-state index contributed by atoms with van der Waals surface area (Å²) in [5, 5.41) is 9.95. The van der Waals surface area contributed by atoms with Gasteiger partial charge in [0.15, 0.2) is 0 Å². The van der Waals surface area contributed by atoms with Crippen molar-refractivity contribution in [3.63, 3.8) is 0 Å². The van der Waals surface area contributed by atoms with Gasteiger partial charge >= 0.3 is 5.97 Å². The van der Waals surface area contributed by atoms with Crippen molar-refractivity contribution in [1.82, 2.24) is 4.90 Å². The van der Waals surface area contributed by atoms with Gasteiger partial charge in [0.05, 0.1) is 0 Å². The summed E-state index contributed by atoms with van der Waals surface area (Å²) >= 11 is 9.24. The Bertz CT molecular complexity index is 543. The van der Waals surface area contributed by atoms with Crippen molar-refractivity contribution in [3.8, 4) is 0 Å². The molecule has 0 spiro atoms. The predicted octanol–water partition coefficient (Wildman–Crippen LogP) is 3.57. The Morgan fingerprint density at radius 1 is 1.45 bits per heavy atom. The van der Waals surface area contributed by atoms with Crippen molar-refractivity contribution in [1.29, 1.82) is 0 Å². The molecule has 6 heteroatoms. The molecule has 0 bridgehead atoms. The van der Waals surface area contributed by atoms with E-state index in [1.807, 2.05) is 0 Å². The molecular formula is C14H15BrClNO3. The molecule has 1 saturated heterocycles. The molecule has 0 aliphatic carbocycles. The molecule has 20 heavy (non-hydrogen) atoms. The number of carboxylic acid groups (broad SMARTS) is 1. The van der Waals surface area contributed by atoms with Crippen LogP contribution in [0.25, 0.3) is 0 Å². The summed E-state index contributed by atoms with van der Waals surface area (Å²) in [5.41, 5.74) is -0.684. The third-order valence-electron chi connectivity index (χ3n) is 3.83. The summed E-state index contributed by atoms with van der Waals surface area (Å²) in [6.07, 6.45) is 1.59. The average Bonchev–Trinajstić information content (AvgIpc) is 2.81. The summed E-state index contributed by atoms with van der Waals surface area (Å²) in [4.78, 5) is 25.7. The van der Waals surface area contributed by atoms with Gasteiger partial charge in [-0.05, 0) is 37.5 Å². The number of benzene rings is 1. The Hall–Kier alpha value is -1.07. The van der Waals surface area contributed by atoms with Gasteiger partial charge in [-0.3, -0.25) is 4.79 Å². The molecule has 1 N–H and O–H groups in total. The Kier molecular flexibility index (Phi) is 4.39. The number of nitrogens with zero attached hydrogens (tertiary/aromatic N) is 1. The van der Waals surface area contributed by atoms with Gasteiger partial charge in [-0.25, -0.2) is 4.79 Å². The van der Waals surface area contributed by atoms with Crippen molar-refractivity contribution < 1.29 is 14.7 Å². The van der Waals surface area contributed by atoms with Crippen LogP contribution in [0.2, 0.25) is 5.02 Å². The van der Waals surface area contributed by atoms with Crippen LogP contribution in [0.15, 0.2) is 22.7 Å². The normalized spacial score (nSPS) is 22.1. The lowest BCUT2D eigenvalue weighted by molar-refractivity contribution is -0.148. The maximum absolute atomic E-state index is 12.6. The van der Waals surface area contributed by atoms with Crippen LogP contribution in [-0.2, 0) is 4.79 Å². The van der Waals surface area contributed by atoms with Crippen LogP contribution in [0.4, 0.5) is 0 Å². The van der Waals surface area contributed by atoms with Crippen molar-refractivity contribution in [2.75, 3.05) is 6.54 Å². The SMILES string of the molecule is CCC1(C(=O)O)CCCN1C(=O)c1cc(Cl)cc(Br)c1. The van der Waals surface area contributed by atoms with Gasteiger partial charge in [-0.1, -0.05) is 34.5 Å². The first-order valence-corrected chi connectivity index (χ1v) is 7.59. The molecule has 1 aliphatic rings. The van der Waals surface area contributed by atoms with Gasteiger partial charge in [0.25, 0.3) is 5.91 Å². The first kappa shape index (κ1) is 15.3. The third-order valence-corrected chi connectivity index (χ3v) is 4.50. The molecule has 0 saturated carbocycles. The molecule has 1 aromatic carbocycles. The number of halogens is 2. The van der Waals surface area contributed by atoms with E-state index in [0.29, 0.717) is 40.9 Å². The zero-order valence-electron chi connectivity index (χ0n) is 11.0. The number of hydrogen-bond donors (Lipinski definition) is 1. The topological polar surface area (TPSA) is 57.6 Å². The minimum Gasteiger partial charge on any atom is -0.479 e. The zero-order valence-corrected chi connectivity index (χ0v) is 13.4. The second-order valence-corrected chi connectivity index (χ2v) is 6.26. The predicted molar refractivity (Wildman–Crippen MR) is 80.1 cm³/mol. The molecule has 1 amide bonds. The van der Waals surface area contributed by atoms with Crippen LogP contribution in [0.5, 0.6) is 0 Å². The standard InChI is InChI=1S/C14H15BrClNO3/c1-2-14(13(19)20)4-3-5-17(14)12(18)9-6-10(15)8-11(16)7-9/h6-8H,2-5H2,1H3,(H,19,20). The number of likely N-dealkylation sites (tertiary alicyclic amines) is 1. The summed E-state index contributed by atoms with van der Waals surface area (Å²) in [7, 11) is 0. The molecular weight excluding hydrogens is 346 g/mol. The summed E-state index contributed by atoms with van der Waals surface area (Å²) in [6.45, 7) is 2.26. The maximum atomic E-state index is 12.6. The van der Waals surface area contributed by atoms with E-state index >= 15 is 0 Å². The lowest BCUT2D eigenvalue weighted by Crippen LogP contribution is -2.52. The largest absolute Gasteiger partial charge is 0.479 e. The van der Waals surface area contributed by atoms with Gasteiger partial charge < -0.3 is 10.0 Å². The first-order valence-electron chi connectivity index (χ1n) is 6.42. The number of rotatable bonds is 3. The van der Waals surface area contributed by atoms with Gasteiger partial charge in [0, 0.05) is 21.6 Å². The van der Waals surface area contributed by atoms with Crippen LogP contribution >= 0.6 is 27.5 Å². The van der Waals surface area contributed by atoms with Gasteiger partial charge in [-0.2, -0.15) is 0 Å². The Labute approximate surface area is 130 Å². The van der Waals surface area contributed by atoms with E-state index in [-0.39, 0.29) is 5.91 Å². The monoisotopic (exact) mass is 359 g/mol. The fourth-order valence-corrected chi connectivity index (χ4v) is 3.61. The fourth-order valence-electron chi connectivity index (χ4n) is 2.75. The van der Waals surface area contributed by atoms with E-state index in [1.54, 1.807) is 25.1 Å². The Balaban J connectivity index is 2.39. The molecule has 1 atom stereocenters. The number of carbonyl (C=O) groups is 2. The van der Waals surface area contributed by atoms with Crippen molar-refractivity contribution in [2.45, 2.75) is 31.7 Å².